The smallest absolute Gasteiger partial charge is 0.445 e. The van der Waals surface area contributed by atoms with Crippen LogP contribution in [-0.4, -0.2) is 129 Å². The topological polar surface area (TPSA) is 186 Å². The Bertz CT molecular complexity index is 1200. The van der Waals surface area contributed by atoms with E-state index in [4.69, 9.17) is 43.0 Å². The van der Waals surface area contributed by atoms with Crippen LogP contribution >= 0.6 is 0 Å². The number of hydrogen-bond acceptors (Lipinski definition) is 13. The number of amides is 2. The molecule has 56 heavy (non-hydrogen) atoms. The van der Waals surface area contributed by atoms with Crippen molar-refractivity contribution in [3.05, 3.63) is 35.9 Å². The van der Waals surface area contributed by atoms with Crippen LogP contribution in [0.3, 0.4) is 0 Å². The van der Waals surface area contributed by atoms with Gasteiger partial charge in [0.2, 0.25) is 0 Å². The third-order valence-electron chi connectivity index (χ3n) is 6.21. The summed E-state index contributed by atoms with van der Waals surface area (Å²) >= 11 is 4.16. The van der Waals surface area contributed by atoms with Gasteiger partial charge in [-0.3, -0.25) is 0 Å². The first-order chi connectivity index (χ1) is 26.1. The third-order valence-corrected chi connectivity index (χ3v) is 6.51. The van der Waals surface area contributed by atoms with E-state index in [2.05, 4.69) is 25.9 Å². The Morgan fingerprint density at radius 3 is 1.61 bits per heavy atom. The molecule has 0 bridgehead atoms. The second-order valence-electron chi connectivity index (χ2n) is 15.7. The molecular formula is C40H68CoN2O13. The summed E-state index contributed by atoms with van der Waals surface area (Å²) in [6, 6.07) is 9.37. The molecule has 0 radical (unpaired) electrons. The van der Waals surface area contributed by atoms with E-state index >= 15 is 0 Å². The number of hydrogen-bond donors (Lipinski definition) is 3. The van der Waals surface area contributed by atoms with Crippen LogP contribution in [0.2, 0.25) is 0 Å². The summed E-state index contributed by atoms with van der Waals surface area (Å²) in [6.07, 6.45) is 0.0814. The zero-order valence-corrected chi connectivity index (χ0v) is 36.0. The van der Waals surface area contributed by atoms with Crippen molar-refractivity contribution in [2.45, 2.75) is 117 Å². The minimum atomic E-state index is -1.15. The first-order valence-corrected chi connectivity index (χ1v) is 19.4. The van der Waals surface area contributed by atoms with Crippen molar-refractivity contribution in [3.63, 3.8) is 0 Å². The molecule has 325 valence electrons. The average molecular weight is 844 g/mol. The summed E-state index contributed by atoms with van der Waals surface area (Å²) in [5.74, 6) is -1.17. The van der Waals surface area contributed by atoms with E-state index in [9.17, 15) is 19.2 Å². The van der Waals surface area contributed by atoms with Crippen LogP contribution < -0.4 is 10.6 Å². The number of esters is 2. The Morgan fingerprint density at radius 1 is 0.661 bits per heavy atom. The van der Waals surface area contributed by atoms with Gasteiger partial charge in [0.25, 0.3) is 0 Å². The van der Waals surface area contributed by atoms with Crippen LogP contribution in [0.15, 0.2) is 30.3 Å². The first-order valence-electron chi connectivity index (χ1n) is 18.8. The molecule has 0 heterocycles. The van der Waals surface area contributed by atoms with Crippen LogP contribution in [-0.2, 0) is 74.2 Å². The van der Waals surface area contributed by atoms with Crippen LogP contribution in [0.25, 0.3) is 0 Å². The number of alkyl carbamates (subject to hydrolysis) is 1. The fourth-order valence-electron chi connectivity index (χ4n) is 4.10. The van der Waals surface area contributed by atoms with Gasteiger partial charge in [0.1, 0.15) is 17.8 Å². The maximum absolute atomic E-state index is 13.1. The molecule has 2 amide bonds. The van der Waals surface area contributed by atoms with Gasteiger partial charge in [-0.05, 0) is 67.9 Å². The zero-order valence-electron chi connectivity index (χ0n) is 35.0. The molecule has 0 aliphatic rings. The van der Waals surface area contributed by atoms with Gasteiger partial charge in [0.15, 0.2) is 0 Å². The summed E-state index contributed by atoms with van der Waals surface area (Å²) in [7, 11) is 0. The molecule has 16 heteroatoms. The maximum atomic E-state index is 13.1. The molecule has 0 saturated carbocycles. The number of aliphatic hydroxyl groups is 1. The van der Waals surface area contributed by atoms with Crippen molar-refractivity contribution < 1.29 is 77.5 Å². The van der Waals surface area contributed by atoms with Gasteiger partial charge in [-0.25, -0.2) is 4.79 Å². The van der Waals surface area contributed by atoms with Crippen LogP contribution in [0, 0.1) is 0 Å². The van der Waals surface area contributed by atoms with Crippen LogP contribution in [0.1, 0.15) is 93.6 Å². The van der Waals surface area contributed by atoms with E-state index in [1.165, 1.54) is 0 Å². The first kappa shape index (κ1) is 53.0. The Hall–Kier alpha value is -2.96. The Morgan fingerprint density at radius 2 is 1.12 bits per heavy atom. The van der Waals surface area contributed by atoms with Gasteiger partial charge in [0, 0.05) is 6.54 Å². The minimum absolute atomic E-state index is 0.0142. The molecule has 0 fully saturated rings. The average Bonchev–Trinajstić information content (AvgIpc) is 3.07. The second-order valence-corrected chi connectivity index (χ2v) is 16.1. The van der Waals surface area contributed by atoms with Crippen molar-refractivity contribution in [2.24, 2.45) is 0 Å². The quantitative estimate of drug-likeness (QED) is 0.0650. The van der Waals surface area contributed by atoms with Crippen molar-refractivity contribution >= 4 is 28.9 Å². The third kappa shape index (κ3) is 35.5. The zero-order chi connectivity index (χ0) is 42.5. The molecular weight excluding hydrogens is 775 g/mol. The summed E-state index contributed by atoms with van der Waals surface area (Å²) in [4.78, 5) is 51.0. The predicted molar refractivity (Wildman–Crippen MR) is 208 cm³/mol. The molecule has 0 saturated heterocycles. The van der Waals surface area contributed by atoms with Gasteiger partial charge >= 0.3 is 176 Å². The molecule has 0 aliphatic carbocycles. The van der Waals surface area contributed by atoms with E-state index < -0.39 is 40.4 Å². The molecule has 0 atom stereocenters. The van der Waals surface area contributed by atoms with Gasteiger partial charge in [-0.2, -0.15) is 0 Å². The standard InChI is InChI=1S/C36H58N2O12.C4H10O.Co/c1-8-18-45-26-36(27-46-20-15-31(40)49-34(2,3)4,28-47-21-16-32(41)50-35(5,6)7)38-30(39)14-19-43-23-24-44-22-17-37-33(42)48-25-29-12-10-9-11-13-29;1-4(2,3)5;/h1,9-13H,8,14-28H2,2-7H3,(H,37,42)(H,38,39);5H,1-3H3;. The van der Waals surface area contributed by atoms with Crippen molar-refractivity contribution in [1.29, 1.82) is 0 Å². The summed E-state index contributed by atoms with van der Waals surface area (Å²) in [5, 5.41) is 14.1. The molecule has 3 N–H and O–H groups in total. The molecule has 1 aromatic carbocycles. The Labute approximate surface area is 341 Å². The van der Waals surface area contributed by atoms with Crippen LogP contribution in [0.5, 0.6) is 0 Å². The van der Waals surface area contributed by atoms with Gasteiger partial charge in [-0.15, -0.1) is 0 Å². The number of ether oxygens (including phenoxy) is 8. The summed E-state index contributed by atoms with van der Waals surface area (Å²) < 4.78 is 44.4. The Kier molecular flexibility index (Phi) is 27.7. The SMILES string of the molecule is CC(C)(C)O.CC(C)(C)OC(=O)CCOCC(COCC[CH]=[Co])(COCCC(=O)OC(C)(C)C)NC(=O)CCOCCOCCNC(=O)OCc1ccccc1. The van der Waals surface area contributed by atoms with Gasteiger partial charge < -0.3 is 19.9 Å². The number of benzene rings is 1. The number of nitrogens with one attached hydrogen (secondary N) is 2. The van der Waals surface area contributed by atoms with Crippen molar-refractivity contribution in [2.75, 3.05) is 72.6 Å². The molecule has 0 aliphatic heterocycles. The van der Waals surface area contributed by atoms with Gasteiger partial charge in [-0.1, -0.05) is 30.3 Å². The molecule has 0 unspecified atom stereocenters. The molecule has 15 nitrogen and oxygen atoms in total. The van der Waals surface area contributed by atoms with Crippen molar-refractivity contribution in [1.82, 2.24) is 10.6 Å². The summed E-state index contributed by atoms with van der Waals surface area (Å²) in [5.41, 5.74) is -2.01. The fraction of sp³-hybridized carbons (Fsp3) is 0.725. The van der Waals surface area contributed by atoms with Crippen LogP contribution in [0.4, 0.5) is 4.79 Å². The van der Waals surface area contributed by atoms with E-state index in [1.54, 1.807) is 67.3 Å². The molecule has 1 rings (SSSR count). The van der Waals surface area contributed by atoms with E-state index in [1.807, 2.05) is 30.3 Å². The van der Waals surface area contributed by atoms with E-state index in [0.29, 0.717) is 13.0 Å². The monoisotopic (exact) mass is 843 g/mol. The molecule has 1 aromatic rings. The predicted octanol–water partition coefficient (Wildman–Crippen LogP) is 4.22. The van der Waals surface area contributed by atoms with Gasteiger partial charge in [0.05, 0.1) is 18.8 Å². The summed E-state index contributed by atoms with van der Waals surface area (Å²) in [6.45, 7) is 17.6. The molecule has 0 aromatic heterocycles. The number of rotatable bonds is 27. The minimum Gasteiger partial charge on any atom is -0.445 e. The molecule has 0 spiro atoms. The number of carbonyl (C=O) groups excluding carboxylic acids is 4. The van der Waals surface area contributed by atoms with E-state index in [-0.39, 0.29) is 97.8 Å². The van der Waals surface area contributed by atoms with E-state index in [0.717, 1.165) is 5.56 Å². The normalized spacial score (nSPS) is 11.8. The Balaban J connectivity index is 0.00000565. The van der Waals surface area contributed by atoms with Crippen molar-refractivity contribution in [3.8, 4) is 0 Å². The fourth-order valence-corrected chi connectivity index (χ4v) is 4.22. The second kappa shape index (κ2) is 29.3. The number of carbonyl (C=O) groups is 4.